The second-order valence-electron chi connectivity index (χ2n) is 6.82. The van der Waals surface area contributed by atoms with Gasteiger partial charge in [-0.3, -0.25) is 4.79 Å². The van der Waals surface area contributed by atoms with Crippen LogP contribution in [0.25, 0.3) is 0 Å². The fourth-order valence-corrected chi connectivity index (χ4v) is 3.79. The SMILES string of the molecule is Cn1cccc1C1CC(C(=O)N2CCN(c3ccc(Cl)cn3)CC2)NN1. The average molecular weight is 375 g/mol. The van der Waals surface area contributed by atoms with Gasteiger partial charge in [0.15, 0.2) is 0 Å². The molecule has 0 bridgehead atoms. The van der Waals surface area contributed by atoms with Gasteiger partial charge in [-0.25, -0.2) is 15.8 Å². The molecule has 2 aromatic heterocycles. The fraction of sp³-hybridized carbons (Fsp3) is 0.444. The molecular formula is C18H23ClN6O. The summed E-state index contributed by atoms with van der Waals surface area (Å²) in [4.78, 5) is 21.3. The van der Waals surface area contributed by atoms with Crippen molar-refractivity contribution in [2.75, 3.05) is 31.1 Å². The van der Waals surface area contributed by atoms with E-state index < -0.39 is 0 Å². The smallest absolute Gasteiger partial charge is 0.241 e. The number of halogens is 1. The van der Waals surface area contributed by atoms with E-state index in [-0.39, 0.29) is 18.0 Å². The van der Waals surface area contributed by atoms with Gasteiger partial charge in [-0.05, 0) is 30.7 Å². The van der Waals surface area contributed by atoms with E-state index in [0.717, 1.165) is 25.3 Å². The highest BCUT2D eigenvalue weighted by Crippen LogP contribution is 2.24. The third-order valence-corrected chi connectivity index (χ3v) is 5.39. The number of hydrogen-bond acceptors (Lipinski definition) is 5. The number of amides is 1. The molecule has 0 saturated carbocycles. The number of anilines is 1. The minimum atomic E-state index is -0.185. The summed E-state index contributed by atoms with van der Waals surface area (Å²) in [5.74, 6) is 1.07. The van der Waals surface area contributed by atoms with Gasteiger partial charge < -0.3 is 14.4 Å². The zero-order chi connectivity index (χ0) is 18.1. The van der Waals surface area contributed by atoms with E-state index in [0.29, 0.717) is 18.1 Å². The van der Waals surface area contributed by atoms with E-state index in [9.17, 15) is 4.79 Å². The number of nitrogens with zero attached hydrogens (tertiary/aromatic N) is 4. The number of hydrogen-bond donors (Lipinski definition) is 2. The Morgan fingerprint density at radius 2 is 2.00 bits per heavy atom. The maximum Gasteiger partial charge on any atom is 0.241 e. The largest absolute Gasteiger partial charge is 0.353 e. The van der Waals surface area contributed by atoms with Crippen LogP contribution in [0.1, 0.15) is 18.2 Å². The summed E-state index contributed by atoms with van der Waals surface area (Å²) in [5.41, 5.74) is 7.62. The molecule has 2 atom stereocenters. The molecule has 2 N–H and O–H groups in total. The predicted octanol–water partition coefficient (Wildman–Crippen LogP) is 1.33. The van der Waals surface area contributed by atoms with Gasteiger partial charge in [-0.15, -0.1) is 0 Å². The van der Waals surface area contributed by atoms with Crippen LogP contribution in [0.2, 0.25) is 5.02 Å². The molecule has 8 heteroatoms. The van der Waals surface area contributed by atoms with Crippen LogP contribution in [0, 0.1) is 0 Å². The van der Waals surface area contributed by atoms with Gasteiger partial charge in [0.2, 0.25) is 5.91 Å². The van der Waals surface area contributed by atoms with Gasteiger partial charge in [-0.2, -0.15) is 0 Å². The molecule has 0 radical (unpaired) electrons. The number of carbonyl (C=O) groups excluding carboxylic acids is 1. The molecule has 138 valence electrons. The van der Waals surface area contributed by atoms with Crippen molar-refractivity contribution >= 4 is 23.3 Å². The molecule has 2 aromatic rings. The van der Waals surface area contributed by atoms with Crippen molar-refractivity contribution in [3.8, 4) is 0 Å². The van der Waals surface area contributed by atoms with E-state index >= 15 is 0 Å². The maximum atomic E-state index is 12.9. The average Bonchev–Trinajstić information content (AvgIpc) is 3.31. The summed E-state index contributed by atoms with van der Waals surface area (Å²) in [5, 5.41) is 0.634. The van der Waals surface area contributed by atoms with Crippen LogP contribution in [0.5, 0.6) is 0 Å². The third-order valence-electron chi connectivity index (χ3n) is 5.17. The molecule has 26 heavy (non-hydrogen) atoms. The van der Waals surface area contributed by atoms with E-state index in [4.69, 9.17) is 11.6 Å². The minimum Gasteiger partial charge on any atom is -0.353 e. The van der Waals surface area contributed by atoms with Gasteiger partial charge in [0.1, 0.15) is 11.9 Å². The molecule has 0 spiro atoms. The molecule has 4 rings (SSSR count). The first-order valence-electron chi connectivity index (χ1n) is 8.89. The molecule has 0 aliphatic carbocycles. The molecule has 7 nitrogen and oxygen atoms in total. The minimum absolute atomic E-state index is 0.156. The van der Waals surface area contributed by atoms with Crippen molar-refractivity contribution < 1.29 is 4.79 Å². The highest BCUT2D eigenvalue weighted by Gasteiger charge is 2.34. The Balaban J connectivity index is 1.32. The highest BCUT2D eigenvalue weighted by atomic mass is 35.5. The van der Waals surface area contributed by atoms with Crippen LogP contribution in [-0.4, -0.2) is 52.6 Å². The molecule has 2 fully saturated rings. The van der Waals surface area contributed by atoms with Gasteiger partial charge >= 0.3 is 0 Å². The number of carbonyl (C=O) groups is 1. The summed E-state index contributed by atoms with van der Waals surface area (Å²) in [6.07, 6.45) is 4.44. The number of nitrogens with one attached hydrogen (secondary N) is 2. The Bertz CT molecular complexity index is 768. The normalized spacial score (nSPS) is 23.5. The second-order valence-corrected chi connectivity index (χ2v) is 7.26. The number of hydrazine groups is 1. The summed E-state index contributed by atoms with van der Waals surface area (Å²) < 4.78 is 2.09. The Kier molecular flexibility index (Phi) is 4.84. The van der Waals surface area contributed by atoms with Crippen molar-refractivity contribution in [2.45, 2.75) is 18.5 Å². The first-order chi connectivity index (χ1) is 12.6. The van der Waals surface area contributed by atoms with E-state index in [1.807, 2.05) is 36.3 Å². The van der Waals surface area contributed by atoms with Crippen molar-refractivity contribution in [3.63, 3.8) is 0 Å². The van der Waals surface area contributed by atoms with Gasteiger partial charge in [0, 0.05) is 51.3 Å². The van der Waals surface area contributed by atoms with E-state index in [1.54, 1.807) is 6.20 Å². The van der Waals surface area contributed by atoms with Crippen molar-refractivity contribution in [1.82, 2.24) is 25.3 Å². The van der Waals surface area contributed by atoms with Gasteiger partial charge in [-0.1, -0.05) is 11.6 Å². The summed E-state index contributed by atoms with van der Waals surface area (Å²) in [6.45, 7) is 2.97. The van der Waals surface area contributed by atoms with Crippen LogP contribution < -0.4 is 15.8 Å². The maximum absolute atomic E-state index is 12.9. The van der Waals surface area contributed by atoms with Gasteiger partial charge in [0.05, 0.1) is 11.1 Å². The highest BCUT2D eigenvalue weighted by molar-refractivity contribution is 6.30. The zero-order valence-electron chi connectivity index (χ0n) is 14.7. The number of piperazine rings is 1. The lowest BCUT2D eigenvalue weighted by Crippen LogP contribution is -2.53. The number of aryl methyl sites for hydroxylation is 1. The molecule has 2 unspecified atom stereocenters. The van der Waals surface area contributed by atoms with Crippen LogP contribution in [0.3, 0.4) is 0 Å². The van der Waals surface area contributed by atoms with Crippen LogP contribution in [-0.2, 0) is 11.8 Å². The Morgan fingerprint density at radius 3 is 2.65 bits per heavy atom. The number of rotatable bonds is 3. The zero-order valence-corrected chi connectivity index (χ0v) is 15.5. The van der Waals surface area contributed by atoms with E-state index in [2.05, 4.69) is 31.4 Å². The Morgan fingerprint density at radius 1 is 1.19 bits per heavy atom. The summed E-state index contributed by atoms with van der Waals surface area (Å²) >= 11 is 5.90. The standard InChI is InChI=1S/C18H23ClN6O/c1-23-6-2-3-16(23)14-11-15(22-21-14)18(26)25-9-7-24(8-10-25)17-5-4-13(19)12-20-17/h2-6,12,14-15,21-22H,7-11H2,1H3. The van der Waals surface area contributed by atoms with Gasteiger partial charge in [0.25, 0.3) is 0 Å². The molecule has 0 aromatic carbocycles. The predicted molar refractivity (Wildman–Crippen MR) is 101 cm³/mol. The molecule has 1 amide bonds. The lowest BCUT2D eigenvalue weighted by atomic mass is 10.1. The fourth-order valence-electron chi connectivity index (χ4n) is 3.68. The van der Waals surface area contributed by atoms with Crippen molar-refractivity contribution in [1.29, 1.82) is 0 Å². The molecule has 2 aliphatic rings. The lowest BCUT2D eigenvalue weighted by Gasteiger charge is -2.36. The van der Waals surface area contributed by atoms with Crippen LogP contribution >= 0.6 is 11.6 Å². The molecule has 4 heterocycles. The second kappa shape index (κ2) is 7.26. The Hall–Kier alpha value is -2.09. The summed E-state index contributed by atoms with van der Waals surface area (Å²) in [6, 6.07) is 7.85. The molecule has 2 saturated heterocycles. The first-order valence-corrected chi connectivity index (χ1v) is 9.27. The van der Waals surface area contributed by atoms with Crippen LogP contribution in [0.15, 0.2) is 36.7 Å². The summed E-state index contributed by atoms with van der Waals surface area (Å²) in [7, 11) is 2.02. The lowest BCUT2D eigenvalue weighted by molar-refractivity contribution is -0.133. The molecule has 2 aliphatic heterocycles. The quantitative estimate of drug-likeness (QED) is 0.848. The topological polar surface area (TPSA) is 65.4 Å². The number of aromatic nitrogens is 2. The Labute approximate surface area is 157 Å². The van der Waals surface area contributed by atoms with Crippen molar-refractivity contribution in [3.05, 3.63) is 47.4 Å². The van der Waals surface area contributed by atoms with Crippen molar-refractivity contribution in [2.24, 2.45) is 7.05 Å². The first kappa shape index (κ1) is 17.3. The monoisotopic (exact) mass is 374 g/mol. The third kappa shape index (κ3) is 3.42. The molecular weight excluding hydrogens is 352 g/mol. The number of pyridine rings is 1. The van der Waals surface area contributed by atoms with Crippen LogP contribution in [0.4, 0.5) is 5.82 Å². The van der Waals surface area contributed by atoms with E-state index in [1.165, 1.54) is 5.69 Å².